The predicted octanol–water partition coefficient (Wildman–Crippen LogP) is 1.69. The van der Waals surface area contributed by atoms with Gasteiger partial charge in [0.25, 0.3) is 0 Å². The molecular weight excluding hydrogens is 286 g/mol. The molecule has 1 aromatic rings. The van der Waals surface area contributed by atoms with E-state index < -0.39 is 9.84 Å². The maximum Gasteiger partial charge on any atom is 0.147 e. The van der Waals surface area contributed by atoms with Gasteiger partial charge in [-0.2, -0.15) is 5.10 Å². The van der Waals surface area contributed by atoms with Crippen molar-refractivity contribution in [3.05, 3.63) is 17.0 Å². The molecule has 0 aliphatic heterocycles. The van der Waals surface area contributed by atoms with Crippen LogP contribution >= 0.6 is 0 Å². The average Bonchev–Trinajstić information content (AvgIpc) is 3.17. The van der Waals surface area contributed by atoms with Crippen LogP contribution in [0.2, 0.25) is 0 Å². The number of aryl methyl sites for hydroxylation is 2. The molecule has 1 heterocycles. The highest BCUT2D eigenvalue weighted by Gasteiger charge is 2.22. The van der Waals surface area contributed by atoms with Crippen molar-refractivity contribution in [1.82, 2.24) is 15.1 Å². The first-order chi connectivity index (χ1) is 9.94. The molecule has 0 radical (unpaired) electrons. The summed E-state index contributed by atoms with van der Waals surface area (Å²) >= 11 is 0. The first kappa shape index (κ1) is 16.5. The van der Waals surface area contributed by atoms with E-state index in [1.165, 1.54) is 30.4 Å². The quantitative estimate of drug-likeness (QED) is 0.753. The Morgan fingerprint density at radius 1 is 1.29 bits per heavy atom. The van der Waals surface area contributed by atoms with E-state index in [0.29, 0.717) is 19.0 Å². The molecule has 120 valence electrons. The highest BCUT2D eigenvalue weighted by atomic mass is 32.2. The molecule has 1 N–H and O–H groups in total. The van der Waals surface area contributed by atoms with Crippen LogP contribution in [-0.4, -0.2) is 36.2 Å². The molecule has 0 aromatic carbocycles. The molecule has 1 saturated carbocycles. The zero-order valence-electron chi connectivity index (χ0n) is 13.4. The van der Waals surface area contributed by atoms with E-state index in [-0.39, 0.29) is 5.75 Å². The maximum absolute atomic E-state index is 11.2. The lowest BCUT2D eigenvalue weighted by molar-refractivity contribution is 0.557. The number of hydrogen-bond donors (Lipinski definition) is 1. The molecule has 1 aromatic heterocycles. The summed E-state index contributed by atoms with van der Waals surface area (Å²) in [7, 11) is -2.89. The van der Waals surface area contributed by atoms with Gasteiger partial charge in [-0.05, 0) is 32.1 Å². The Balaban J connectivity index is 2.08. The van der Waals surface area contributed by atoms with Gasteiger partial charge in [-0.3, -0.25) is 4.68 Å². The van der Waals surface area contributed by atoms with Crippen LogP contribution in [0.4, 0.5) is 0 Å². The molecule has 21 heavy (non-hydrogen) atoms. The van der Waals surface area contributed by atoms with Crippen LogP contribution in [-0.2, 0) is 35.8 Å². The van der Waals surface area contributed by atoms with Crippen molar-refractivity contribution in [3.63, 3.8) is 0 Å². The fourth-order valence-corrected chi connectivity index (χ4v) is 3.32. The van der Waals surface area contributed by atoms with Crippen molar-refractivity contribution in [2.24, 2.45) is 0 Å². The van der Waals surface area contributed by atoms with Gasteiger partial charge in [0, 0.05) is 36.6 Å². The lowest BCUT2D eigenvalue weighted by Gasteiger charge is -2.08. The summed E-state index contributed by atoms with van der Waals surface area (Å²) < 4.78 is 24.5. The normalized spacial score (nSPS) is 15.6. The third-order valence-electron chi connectivity index (χ3n) is 3.95. The fourth-order valence-electron chi connectivity index (χ4n) is 2.67. The van der Waals surface area contributed by atoms with Gasteiger partial charge in [-0.25, -0.2) is 8.42 Å². The van der Waals surface area contributed by atoms with E-state index in [2.05, 4.69) is 19.2 Å². The van der Waals surface area contributed by atoms with E-state index in [4.69, 9.17) is 5.10 Å². The van der Waals surface area contributed by atoms with Gasteiger partial charge in [0.15, 0.2) is 0 Å². The molecule has 0 atom stereocenters. The summed E-state index contributed by atoms with van der Waals surface area (Å²) in [6, 6.07) is 0.688. The van der Waals surface area contributed by atoms with Gasteiger partial charge < -0.3 is 5.32 Å². The third-order valence-corrected chi connectivity index (χ3v) is 4.98. The van der Waals surface area contributed by atoms with Crippen molar-refractivity contribution in [2.45, 2.75) is 65.1 Å². The fraction of sp³-hybridized carbons (Fsp3) is 0.800. The number of sulfone groups is 1. The Hall–Kier alpha value is -0.880. The molecule has 1 aliphatic carbocycles. The highest BCUT2D eigenvalue weighted by molar-refractivity contribution is 7.90. The Labute approximate surface area is 128 Å². The van der Waals surface area contributed by atoms with Crippen molar-refractivity contribution in [2.75, 3.05) is 12.0 Å². The van der Waals surface area contributed by atoms with Crippen LogP contribution in [0.1, 0.15) is 50.1 Å². The number of aromatic nitrogens is 2. The van der Waals surface area contributed by atoms with Crippen molar-refractivity contribution in [1.29, 1.82) is 0 Å². The first-order valence-corrected chi connectivity index (χ1v) is 9.99. The van der Waals surface area contributed by atoms with E-state index in [0.717, 1.165) is 25.1 Å². The van der Waals surface area contributed by atoms with Crippen molar-refractivity contribution in [3.8, 4) is 0 Å². The van der Waals surface area contributed by atoms with E-state index in [9.17, 15) is 8.42 Å². The van der Waals surface area contributed by atoms with Crippen LogP contribution in [0.15, 0.2) is 0 Å². The molecule has 5 nitrogen and oxygen atoms in total. The summed E-state index contributed by atoms with van der Waals surface area (Å²) in [5.41, 5.74) is 3.74. The van der Waals surface area contributed by atoms with Crippen LogP contribution < -0.4 is 5.32 Å². The van der Waals surface area contributed by atoms with Crippen LogP contribution in [0.3, 0.4) is 0 Å². The Morgan fingerprint density at radius 2 is 2.00 bits per heavy atom. The topological polar surface area (TPSA) is 64.0 Å². The van der Waals surface area contributed by atoms with Gasteiger partial charge >= 0.3 is 0 Å². The second-order valence-electron chi connectivity index (χ2n) is 5.94. The molecule has 0 bridgehead atoms. The standard InChI is InChI=1S/C15H27N3O2S/c1-4-14-13(11-16-12-7-8-12)15(5-2)18(17-14)9-6-10-21(3,19)20/h12,16H,4-11H2,1-3H3. The monoisotopic (exact) mass is 313 g/mol. The van der Waals surface area contributed by atoms with Gasteiger partial charge in [0.2, 0.25) is 0 Å². The minimum atomic E-state index is -2.89. The summed E-state index contributed by atoms with van der Waals surface area (Å²) in [4.78, 5) is 0. The summed E-state index contributed by atoms with van der Waals surface area (Å²) in [5.74, 6) is 0.229. The summed E-state index contributed by atoms with van der Waals surface area (Å²) in [6.07, 6.45) is 6.35. The molecule has 0 spiro atoms. The van der Waals surface area contributed by atoms with E-state index >= 15 is 0 Å². The lowest BCUT2D eigenvalue weighted by atomic mass is 10.1. The minimum absolute atomic E-state index is 0.229. The van der Waals surface area contributed by atoms with Gasteiger partial charge in [-0.1, -0.05) is 13.8 Å². The summed E-state index contributed by atoms with van der Waals surface area (Å²) in [5, 5.41) is 8.27. The molecule has 1 fully saturated rings. The zero-order chi connectivity index (χ0) is 15.5. The Kier molecular flexibility index (Phi) is 5.43. The first-order valence-electron chi connectivity index (χ1n) is 7.93. The second-order valence-corrected chi connectivity index (χ2v) is 8.20. The minimum Gasteiger partial charge on any atom is -0.310 e. The second kappa shape index (κ2) is 6.92. The van der Waals surface area contributed by atoms with Gasteiger partial charge in [0.05, 0.1) is 11.4 Å². The molecular formula is C15H27N3O2S. The van der Waals surface area contributed by atoms with Crippen molar-refractivity contribution >= 4 is 9.84 Å². The molecule has 2 rings (SSSR count). The Bertz CT molecular complexity index is 574. The largest absolute Gasteiger partial charge is 0.310 e. The number of nitrogens with zero attached hydrogens (tertiary/aromatic N) is 2. The highest BCUT2D eigenvalue weighted by Crippen LogP contribution is 2.22. The van der Waals surface area contributed by atoms with Crippen LogP contribution in [0.5, 0.6) is 0 Å². The summed E-state index contributed by atoms with van der Waals surface area (Å²) in [6.45, 7) is 5.85. The number of rotatable bonds is 9. The molecule has 0 saturated heterocycles. The molecule has 0 unspecified atom stereocenters. The SMILES string of the molecule is CCc1nn(CCCS(C)(=O)=O)c(CC)c1CNC1CC1. The maximum atomic E-state index is 11.2. The Morgan fingerprint density at radius 3 is 2.52 bits per heavy atom. The van der Waals surface area contributed by atoms with E-state index in [1.807, 2.05) is 4.68 Å². The average molecular weight is 313 g/mol. The van der Waals surface area contributed by atoms with Gasteiger partial charge in [0.1, 0.15) is 9.84 Å². The molecule has 0 amide bonds. The van der Waals surface area contributed by atoms with Gasteiger partial charge in [-0.15, -0.1) is 0 Å². The zero-order valence-corrected chi connectivity index (χ0v) is 14.2. The predicted molar refractivity (Wildman–Crippen MR) is 85.2 cm³/mol. The molecule has 1 aliphatic rings. The lowest BCUT2D eigenvalue weighted by Crippen LogP contribution is -2.17. The smallest absolute Gasteiger partial charge is 0.147 e. The number of hydrogen-bond acceptors (Lipinski definition) is 4. The molecule has 6 heteroatoms. The number of nitrogens with one attached hydrogen (secondary N) is 1. The van der Waals surface area contributed by atoms with E-state index in [1.54, 1.807) is 0 Å². The third kappa shape index (κ3) is 4.81. The van der Waals surface area contributed by atoms with Crippen LogP contribution in [0.25, 0.3) is 0 Å². The van der Waals surface area contributed by atoms with Crippen molar-refractivity contribution < 1.29 is 8.42 Å². The van der Waals surface area contributed by atoms with Crippen LogP contribution in [0, 0.1) is 0 Å².